The summed E-state index contributed by atoms with van der Waals surface area (Å²) in [4.78, 5) is 20.9. The van der Waals surface area contributed by atoms with Gasteiger partial charge in [0.15, 0.2) is 5.44 Å². The van der Waals surface area contributed by atoms with Crippen molar-refractivity contribution in [3.05, 3.63) is 0 Å². The average molecular weight is 188 g/mol. The SMILES string of the molecule is CC(OC(N)=O)SC(=O)CC#N. The summed E-state index contributed by atoms with van der Waals surface area (Å²) in [5.74, 6) is 0. The van der Waals surface area contributed by atoms with E-state index in [0.717, 1.165) is 11.8 Å². The van der Waals surface area contributed by atoms with Crippen molar-refractivity contribution in [2.75, 3.05) is 0 Å². The zero-order valence-electron chi connectivity index (χ0n) is 6.44. The number of nitriles is 1. The summed E-state index contributed by atoms with van der Waals surface area (Å²) < 4.78 is 4.44. The van der Waals surface area contributed by atoms with Gasteiger partial charge < -0.3 is 10.5 Å². The van der Waals surface area contributed by atoms with E-state index in [1.165, 1.54) is 6.92 Å². The molecule has 66 valence electrons. The molecule has 12 heavy (non-hydrogen) atoms. The van der Waals surface area contributed by atoms with Crippen LogP contribution in [0.25, 0.3) is 0 Å². The molecule has 0 radical (unpaired) electrons. The van der Waals surface area contributed by atoms with E-state index < -0.39 is 11.5 Å². The van der Waals surface area contributed by atoms with Gasteiger partial charge in [-0.05, 0) is 18.7 Å². The van der Waals surface area contributed by atoms with Crippen LogP contribution < -0.4 is 5.73 Å². The van der Waals surface area contributed by atoms with E-state index >= 15 is 0 Å². The summed E-state index contributed by atoms with van der Waals surface area (Å²) in [7, 11) is 0. The number of carbonyl (C=O) groups excluding carboxylic acids is 2. The third-order valence-electron chi connectivity index (χ3n) is 0.803. The lowest BCUT2D eigenvalue weighted by atomic mass is 10.5. The third kappa shape index (κ3) is 5.56. The number of thioether (sulfide) groups is 1. The van der Waals surface area contributed by atoms with Gasteiger partial charge in [-0.2, -0.15) is 5.26 Å². The Hall–Kier alpha value is -1.22. The topological polar surface area (TPSA) is 93.2 Å². The van der Waals surface area contributed by atoms with Gasteiger partial charge in [0, 0.05) is 0 Å². The maximum absolute atomic E-state index is 10.7. The molecule has 1 amide bonds. The van der Waals surface area contributed by atoms with Crippen molar-refractivity contribution in [3.63, 3.8) is 0 Å². The molecule has 1 unspecified atom stereocenters. The molecule has 0 aliphatic carbocycles. The fourth-order valence-electron chi connectivity index (χ4n) is 0.479. The molecule has 0 aromatic heterocycles. The fourth-order valence-corrected chi connectivity index (χ4v) is 1.14. The molecule has 2 N–H and O–H groups in total. The Morgan fingerprint density at radius 1 is 1.75 bits per heavy atom. The molecule has 0 spiro atoms. The molecule has 0 aromatic carbocycles. The van der Waals surface area contributed by atoms with Crippen molar-refractivity contribution in [2.24, 2.45) is 5.73 Å². The molecular formula is C6H8N2O3S. The molecular weight excluding hydrogens is 180 g/mol. The largest absolute Gasteiger partial charge is 0.435 e. The van der Waals surface area contributed by atoms with Gasteiger partial charge in [-0.25, -0.2) is 4.79 Å². The smallest absolute Gasteiger partial charge is 0.405 e. The van der Waals surface area contributed by atoms with E-state index in [9.17, 15) is 9.59 Å². The van der Waals surface area contributed by atoms with Crippen molar-refractivity contribution in [1.82, 2.24) is 0 Å². The summed E-state index contributed by atoms with van der Waals surface area (Å²) >= 11 is 0.768. The lowest BCUT2D eigenvalue weighted by Gasteiger charge is -2.07. The lowest BCUT2D eigenvalue weighted by Crippen LogP contribution is -2.19. The number of primary amides is 1. The molecule has 0 fully saturated rings. The van der Waals surface area contributed by atoms with Crippen LogP contribution in [0.2, 0.25) is 0 Å². The van der Waals surface area contributed by atoms with Gasteiger partial charge in [-0.3, -0.25) is 4.79 Å². The van der Waals surface area contributed by atoms with Crippen LogP contribution in [0.3, 0.4) is 0 Å². The molecule has 0 saturated heterocycles. The zero-order chi connectivity index (χ0) is 9.56. The molecule has 5 nitrogen and oxygen atoms in total. The van der Waals surface area contributed by atoms with Gasteiger partial charge in [0.2, 0.25) is 5.12 Å². The first-order valence-electron chi connectivity index (χ1n) is 3.08. The number of amides is 1. The van der Waals surface area contributed by atoms with Crippen LogP contribution in [0.15, 0.2) is 0 Å². The average Bonchev–Trinajstić information content (AvgIpc) is 1.84. The Kier molecular flexibility index (Phi) is 4.88. The number of nitrogens with zero attached hydrogens (tertiary/aromatic N) is 1. The second-order valence-corrected chi connectivity index (χ2v) is 3.18. The minimum Gasteiger partial charge on any atom is -0.435 e. The predicted molar refractivity (Wildman–Crippen MR) is 43.0 cm³/mol. The van der Waals surface area contributed by atoms with E-state index in [2.05, 4.69) is 4.74 Å². The summed E-state index contributed by atoms with van der Waals surface area (Å²) in [6, 6.07) is 1.68. The molecule has 0 rings (SSSR count). The van der Waals surface area contributed by atoms with Gasteiger partial charge in [-0.1, -0.05) is 0 Å². The van der Waals surface area contributed by atoms with Crippen LogP contribution in [-0.2, 0) is 9.53 Å². The van der Waals surface area contributed by atoms with Crippen LogP contribution in [0, 0.1) is 11.3 Å². The second kappa shape index (κ2) is 5.43. The van der Waals surface area contributed by atoms with E-state index in [0.29, 0.717) is 0 Å². The van der Waals surface area contributed by atoms with Crippen molar-refractivity contribution in [3.8, 4) is 6.07 Å². The number of rotatable bonds is 3. The van der Waals surface area contributed by atoms with Gasteiger partial charge in [0.1, 0.15) is 6.42 Å². The number of nitrogens with two attached hydrogens (primary N) is 1. The summed E-state index contributed by atoms with van der Waals surface area (Å²) in [5.41, 5.74) is 4.06. The monoisotopic (exact) mass is 188 g/mol. The summed E-state index contributed by atoms with van der Waals surface area (Å²) in [5, 5.41) is 7.77. The van der Waals surface area contributed by atoms with Gasteiger partial charge >= 0.3 is 6.09 Å². The Labute approximate surface area is 73.9 Å². The number of hydrogen-bond donors (Lipinski definition) is 1. The fraction of sp³-hybridized carbons (Fsp3) is 0.500. The zero-order valence-corrected chi connectivity index (χ0v) is 7.26. The molecule has 1 atom stereocenters. The number of hydrogen-bond acceptors (Lipinski definition) is 5. The van der Waals surface area contributed by atoms with E-state index in [4.69, 9.17) is 11.0 Å². The van der Waals surface area contributed by atoms with Crippen LogP contribution >= 0.6 is 11.8 Å². The molecule has 0 aliphatic rings. The standard InChI is InChI=1S/C6H8N2O3S/c1-4(11-6(8)10)12-5(9)2-3-7/h4H,2H2,1H3,(H2,8,10). The van der Waals surface area contributed by atoms with Crippen molar-refractivity contribution in [1.29, 1.82) is 5.26 Å². The minimum atomic E-state index is -0.931. The first-order valence-corrected chi connectivity index (χ1v) is 3.96. The summed E-state index contributed by atoms with van der Waals surface area (Å²) in [6.07, 6.45) is -1.13. The van der Waals surface area contributed by atoms with Crippen LogP contribution in [0.4, 0.5) is 4.79 Å². The quantitative estimate of drug-likeness (QED) is 0.654. The van der Waals surface area contributed by atoms with Crippen LogP contribution in [0.5, 0.6) is 0 Å². The highest BCUT2D eigenvalue weighted by atomic mass is 32.2. The molecule has 0 heterocycles. The first kappa shape index (κ1) is 10.8. The highest BCUT2D eigenvalue weighted by Crippen LogP contribution is 2.13. The normalized spacial score (nSPS) is 11.3. The van der Waals surface area contributed by atoms with Crippen molar-refractivity contribution < 1.29 is 14.3 Å². The highest BCUT2D eigenvalue weighted by molar-refractivity contribution is 8.14. The Balaban J connectivity index is 3.70. The van der Waals surface area contributed by atoms with Crippen molar-refractivity contribution >= 4 is 23.0 Å². The number of carbonyl (C=O) groups is 2. The van der Waals surface area contributed by atoms with Gasteiger partial charge in [0.25, 0.3) is 0 Å². The second-order valence-electron chi connectivity index (χ2n) is 1.83. The Morgan fingerprint density at radius 2 is 2.33 bits per heavy atom. The maximum atomic E-state index is 10.7. The molecule has 0 bridgehead atoms. The summed E-state index contributed by atoms with van der Waals surface area (Å²) in [6.45, 7) is 1.50. The van der Waals surface area contributed by atoms with E-state index in [1.807, 2.05) is 0 Å². The maximum Gasteiger partial charge on any atom is 0.405 e. The third-order valence-corrected chi connectivity index (χ3v) is 1.64. The van der Waals surface area contributed by atoms with Crippen LogP contribution in [0.1, 0.15) is 13.3 Å². The molecule has 0 aromatic rings. The Bertz CT molecular complexity index is 223. The van der Waals surface area contributed by atoms with E-state index in [1.54, 1.807) is 6.07 Å². The van der Waals surface area contributed by atoms with Crippen molar-refractivity contribution in [2.45, 2.75) is 18.8 Å². The molecule has 6 heteroatoms. The Morgan fingerprint density at radius 3 is 2.75 bits per heavy atom. The number of ether oxygens (including phenoxy) is 1. The highest BCUT2D eigenvalue weighted by Gasteiger charge is 2.11. The van der Waals surface area contributed by atoms with Gasteiger partial charge in [0.05, 0.1) is 6.07 Å². The first-order chi connectivity index (χ1) is 5.56. The van der Waals surface area contributed by atoms with Crippen LogP contribution in [-0.4, -0.2) is 16.6 Å². The minimum absolute atomic E-state index is 0.197. The lowest BCUT2D eigenvalue weighted by molar-refractivity contribution is -0.110. The molecule has 0 saturated carbocycles. The predicted octanol–water partition coefficient (Wildman–Crippen LogP) is 0.601. The molecule has 0 aliphatic heterocycles. The van der Waals surface area contributed by atoms with E-state index in [-0.39, 0.29) is 11.5 Å². The van der Waals surface area contributed by atoms with Gasteiger partial charge in [-0.15, -0.1) is 0 Å².